The van der Waals surface area contributed by atoms with Gasteiger partial charge in [0.05, 0.1) is 12.2 Å². The third kappa shape index (κ3) is 7.22. The van der Waals surface area contributed by atoms with Crippen LogP contribution in [-0.4, -0.2) is 90.3 Å². The predicted molar refractivity (Wildman–Crippen MR) is 103 cm³/mol. The van der Waals surface area contributed by atoms with Crippen molar-refractivity contribution in [3.63, 3.8) is 0 Å². The Kier molecular flexibility index (Phi) is 9.35. The molecule has 1 aliphatic rings. The molecule has 9 nitrogen and oxygen atoms in total. The topological polar surface area (TPSA) is 87.3 Å². The minimum Gasteiger partial charge on any atom is -0.480 e. The van der Waals surface area contributed by atoms with Gasteiger partial charge in [0, 0.05) is 46.8 Å². The Balaban J connectivity index is 2.66. The quantitative estimate of drug-likeness (QED) is 0.232. The maximum atomic E-state index is 10.8. The van der Waals surface area contributed by atoms with Crippen LogP contribution in [0, 0.1) is 0 Å². The van der Waals surface area contributed by atoms with Crippen LogP contribution in [0.1, 0.15) is 20.3 Å². The Bertz CT molecular complexity index is 551. The Morgan fingerprint density at radius 3 is 2.42 bits per heavy atom. The molecule has 0 spiro atoms. The van der Waals surface area contributed by atoms with Crippen LogP contribution >= 0.6 is 0 Å². The van der Waals surface area contributed by atoms with E-state index >= 15 is 0 Å². The molecule has 9 heteroatoms. The lowest BCUT2D eigenvalue weighted by Gasteiger charge is -2.34. The average Bonchev–Trinajstić information content (AvgIpc) is 2.62. The number of carbonyl (C=O) groups is 1. The summed E-state index contributed by atoms with van der Waals surface area (Å²) < 4.78 is 0. The van der Waals surface area contributed by atoms with E-state index < -0.39 is 5.97 Å². The maximum Gasteiger partial charge on any atom is 0.317 e. The molecule has 0 aromatic rings. The lowest BCUT2D eigenvalue weighted by atomic mass is 10.3. The molecular formula is C17H31N7O2. The fraction of sp³-hybridized carbons (Fsp3) is 0.647. The number of rotatable bonds is 8. The number of allylic oxidation sites excluding steroid dienone is 2. The van der Waals surface area contributed by atoms with Gasteiger partial charge in [0.25, 0.3) is 0 Å². The van der Waals surface area contributed by atoms with Crippen LogP contribution < -0.4 is 0 Å². The normalized spacial score (nSPS) is 16.5. The number of guanidine groups is 1. The second-order valence-corrected chi connectivity index (χ2v) is 5.94. The molecule has 26 heavy (non-hydrogen) atoms. The van der Waals surface area contributed by atoms with Crippen molar-refractivity contribution in [2.24, 2.45) is 15.3 Å². The number of piperazine rings is 1. The van der Waals surface area contributed by atoms with Crippen molar-refractivity contribution >= 4 is 11.9 Å². The molecule has 0 radical (unpaired) electrons. The van der Waals surface area contributed by atoms with Crippen LogP contribution in [0.15, 0.2) is 39.8 Å². The first kappa shape index (κ1) is 21.6. The number of carboxylic acid groups (broad SMARTS) is 1. The van der Waals surface area contributed by atoms with Gasteiger partial charge in [-0.05, 0) is 24.6 Å². The summed E-state index contributed by atoms with van der Waals surface area (Å²) in [6.07, 6.45) is 4.92. The fourth-order valence-corrected chi connectivity index (χ4v) is 2.35. The standard InChI is InChI=1S/C17H31N7O2/c1-6-8-9-15(3)21(4)22(5)20-19-17(18-7-2)24-12-10-23(11-13-24)14-16(25)26/h8-9H,3,6-7,10-14H2,1-2,4-5H3,(H,25,26)/b9-8-,18-17?,20-19?. The maximum absolute atomic E-state index is 10.8. The predicted octanol–water partition coefficient (Wildman–Crippen LogP) is 1.69. The minimum atomic E-state index is -0.803. The Hall–Kier alpha value is -2.42. The lowest BCUT2D eigenvalue weighted by Crippen LogP contribution is -2.49. The molecule has 1 heterocycles. The zero-order valence-electron chi connectivity index (χ0n) is 16.3. The Morgan fingerprint density at radius 1 is 1.23 bits per heavy atom. The van der Waals surface area contributed by atoms with Crippen molar-refractivity contribution in [3.8, 4) is 0 Å². The number of carboxylic acids is 1. The van der Waals surface area contributed by atoms with Crippen LogP contribution in [0.3, 0.4) is 0 Å². The Labute approximate surface area is 155 Å². The van der Waals surface area contributed by atoms with Gasteiger partial charge in [0.15, 0.2) is 0 Å². The molecule has 0 aromatic heterocycles. The molecule has 0 aromatic carbocycles. The molecule has 0 bridgehead atoms. The van der Waals surface area contributed by atoms with E-state index in [1.54, 1.807) is 17.2 Å². The highest BCUT2D eigenvalue weighted by Gasteiger charge is 2.21. The molecule has 0 aliphatic carbocycles. The van der Waals surface area contributed by atoms with E-state index in [1.807, 2.05) is 35.9 Å². The van der Waals surface area contributed by atoms with Gasteiger partial charge in [-0.2, -0.15) is 5.12 Å². The number of hydrazine groups is 1. The van der Waals surface area contributed by atoms with Crippen molar-refractivity contribution in [1.29, 1.82) is 0 Å². The van der Waals surface area contributed by atoms with E-state index in [2.05, 4.69) is 28.8 Å². The molecule has 0 atom stereocenters. The molecule has 1 N–H and O–H groups in total. The van der Waals surface area contributed by atoms with Gasteiger partial charge in [-0.25, -0.2) is 0 Å². The van der Waals surface area contributed by atoms with E-state index in [0.29, 0.717) is 38.7 Å². The lowest BCUT2D eigenvalue weighted by molar-refractivity contribution is -0.138. The zero-order chi connectivity index (χ0) is 19.5. The number of aliphatic carboxylic acids is 1. The van der Waals surface area contributed by atoms with Crippen LogP contribution in [0.2, 0.25) is 0 Å². The molecule has 1 saturated heterocycles. The largest absolute Gasteiger partial charge is 0.480 e. The molecule has 0 saturated carbocycles. The molecule has 1 rings (SSSR count). The van der Waals surface area contributed by atoms with Gasteiger partial charge in [-0.1, -0.05) is 24.7 Å². The van der Waals surface area contributed by atoms with Gasteiger partial charge >= 0.3 is 5.97 Å². The van der Waals surface area contributed by atoms with Gasteiger partial charge in [-0.15, -0.1) is 0 Å². The summed E-state index contributed by atoms with van der Waals surface area (Å²) in [7, 11) is 3.66. The minimum absolute atomic E-state index is 0.0660. The number of hydrogen-bond acceptors (Lipinski definition) is 5. The van der Waals surface area contributed by atoms with E-state index in [9.17, 15) is 4.79 Å². The summed E-state index contributed by atoms with van der Waals surface area (Å²) in [6.45, 7) is 11.4. The highest BCUT2D eigenvalue weighted by Crippen LogP contribution is 2.08. The summed E-state index contributed by atoms with van der Waals surface area (Å²) in [5, 5.41) is 20.8. The van der Waals surface area contributed by atoms with E-state index in [1.165, 1.54) is 0 Å². The van der Waals surface area contributed by atoms with E-state index in [0.717, 1.165) is 12.1 Å². The molecule has 1 fully saturated rings. The van der Waals surface area contributed by atoms with Crippen molar-refractivity contribution in [1.82, 2.24) is 19.9 Å². The van der Waals surface area contributed by atoms with Crippen molar-refractivity contribution in [3.05, 3.63) is 24.4 Å². The fourth-order valence-electron chi connectivity index (χ4n) is 2.35. The average molecular weight is 365 g/mol. The Morgan fingerprint density at radius 2 is 1.88 bits per heavy atom. The molecule has 0 unspecified atom stereocenters. The summed E-state index contributed by atoms with van der Waals surface area (Å²) >= 11 is 0. The summed E-state index contributed by atoms with van der Waals surface area (Å²) in [5.74, 6) is -0.236. The summed E-state index contributed by atoms with van der Waals surface area (Å²) in [5.41, 5.74) is 0.810. The number of hydrogen-bond donors (Lipinski definition) is 1. The van der Waals surface area contributed by atoms with Crippen LogP contribution in [-0.2, 0) is 4.79 Å². The molecule has 146 valence electrons. The first-order valence-electron chi connectivity index (χ1n) is 8.87. The van der Waals surface area contributed by atoms with Crippen molar-refractivity contribution in [2.45, 2.75) is 20.3 Å². The SMILES string of the molecule is C=C(/C=C\CC)N(C)N(C)N=NC(=NCC)N1CCN(CC(=O)O)CC1. The number of aliphatic imine (C=N–C) groups is 1. The van der Waals surface area contributed by atoms with E-state index in [4.69, 9.17) is 5.11 Å². The first-order valence-corrected chi connectivity index (χ1v) is 8.87. The van der Waals surface area contributed by atoms with Gasteiger partial charge < -0.3 is 10.0 Å². The second kappa shape index (κ2) is 11.2. The highest BCUT2D eigenvalue weighted by molar-refractivity contribution is 5.80. The van der Waals surface area contributed by atoms with Crippen molar-refractivity contribution < 1.29 is 9.90 Å². The highest BCUT2D eigenvalue weighted by atomic mass is 16.4. The third-order valence-electron chi connectivity index (χ3n) is 3.97. The third-order valence-corrected chi connectivity index (χ3v) is 3.97. The first-order chi connectivity index (χ1) is 12.4. The molecule has 0 amide bonds. The van der Waals surface area contributed by atoms with Gasteiger partial charge in [0.1, 0.15) is 0 Å². The van der Waals surface area contributed by atoms with Crippen LogP contribution in [0.4, 0.5) is 0 Å². The molecular weight excluding hydrogens is 334 g/mol. The van der Waals surface area contributed by atoms with Crippen LogP contribution in [0.25, 0.3) is 0 Å². The van der Waals surface area contributed by atoms with Gasteiger partial charge in [0.2, 0.25) is 5.96 Å². The summed E-state index contributed by atoms with van der Waals surface area (Å²) in [6, 6.07) is 0. The monoisotopic (exact) mass is 365 g/mol. The number of likely N-dealkylation sites (N-methyl/N-ethyl adjacent to an activating group) is 1. The smallest absolute Gasteiger partial charge is 0.317 e. The van der Waals surface area contributed by atoms with Crippen molar-refractivity contribution in [2.75, 3.05) is 53.4 Å². The van der Waals surface area contributed by atoms with E-state index in [-0.39, 0.29) is 6.54 Å². The zero-order valence-corrected chi connectivity index (χ0v) is 16.3. The number of nitrogens with zero attached hydrogens (tertiary/aromatic N) is 7. The summed E-state index contributed by atoms with van der Waals surface area (Å²) in [4.78, 5) is 19.2. The molecule has 1 aliphatic heterocycles. The second-order valence-electron chi connectivity index (χ2n) is 5.94. The van der Waals surface area contributed by atoms with Gasteiger partial charge in [-0.3, -0.25) is 19.7 Å². The van der Waals surface area contributed by atoms with Crippen LogP contribution in [0.5, 0.6) is 0 Å².